The van der Waals surface area contributed by atoms with Crippen molar-refractivity contribution in [3.63, 3.8) is 0 Å². The number of aryl methyl sites for hydroxylation is 2. The van der Waals surface area contributed by atoms with E-state index < -0.39 is 0 Å². The summed E-state index contributed by atoms with van der Waals surface area (Å²) in [6.07, 6.45) is 9.68. The van der Waals surface area contributed by atoms with E-state index in [0.29, 0.717) is 12.5 Å². The monoisotopic (exact) mass is 478 g/mol. The number of likely N-dealkylation sites (tertiary alicyclic amines) is 1. The Balaban J connectivity index is 1.05. The molecular weight excluding hydrogens is 444 g/mol. The molecule has 0 unspecified atom stereocenters. The lowest BCUT2D eigenvalue weighted by molar-refractivity contribution is -0.132. The third-order valence-electron chi connectivity index (χ3n) is 8.00. The minimum absolute atomic E-state index is 0.0938. The maximum atomic E-state index is 13.2. The molecule has 1 aliphatic carbocycles. The minimum atomic E-state index is 0.0938. The van der Waals surface area contributed by atoms with Crippen molar-refractivity contribution in [2.24, 2.45) is 7.05 Å². The van der Waals surface area contributed by atoms with Crippen LogP contribution in [0.25, 0.3) is 10.9 Å². The van der Waals surface area contributed by atoms with Crippen LogP contribution >= 0.6 is 0 Å². The first-order valence-corrected chi connectivity index (χ1v) is 13.2. The van der Waals surface area contributed by atoms with Gasteiger partial charge in [-0.05, 0) is 66.5 Å². The van der Waals surface area contributed by atoms with Crippen LogP contribution in [0.2, 0.25) is 0 Å². The number of hydrogen-bond acceptors (Lipinski definition) is 3. The molecule has 36 heavy (non-hydrogen) atoms. The number of rotatable bonds is 7. The lowest BCUT2D eigenvalue weighted by Gasteiger charge is -2.24. The highest BCUT2D eigenvalue weighted by Gasteiger charge is 2.30. The summed E-state index contributed by atoms with van der Waals surface area (Å²) in [4.78, 5) is 20.1. The van der Waals surface area contributed by atoms with Crippen LogP contribution in [0.1, 0.15) is 53.3 Å². The zero-order valence-electron chi connectivity index (χ0n) is 21.0. The lowest BCUT2D eigenvalue weighted by Crippen LogP contribution is -2.31. The first-order chi connectivity index (χ1) is 17.7. The minimum Gasteiger partial charge on any atom is -0.350 e. The molecule has 0 spiro atoms. The average molecular weight is 479 g/mol. The lowest BCUT2D eigenvalue weighted by atomic mass is 10.1. The highest BCUT2D eigenvalue weighted by atomic mass is 16.2. The van der Waals surface area contributed by atoms with Gasteiger partial charge in [0.05, 0.1) is 11.7 Å². The SMILES string of the molecule is Cn1cc(CCC(=O)N2CCC[C@H]2c2ccc(CNC3Cc4ccccc4C3)cn2)c2ccccc21. The molecule has 6 rings (SSSR count). The standard InChI is InChI=1S/C31H34N4O/c1-34-21-25(27-9-4-5-10-29(27)34)13-15-31(36)35-16-6-11-30(35)28-14-12-22(20-33-28)19-32-26-17-23-7-2-3-8-24(23)18-26/h2-5,7-10,12,14,20-21,26,30,32H,6,11,13,15-19H2,1H3/t30-/m0/s1. The molecule has 1 aliphatic heterocycles. The van der Waals surface area contributed by atoms with E-state index in [0.717, 1.165) is 50.9 Å². The van der Waals surface area contributed by atoms with Gasteiger partial charge in [-0.25, -0.2) is 0 Å². The quantitative estimate of drug-likeness (QED) is 0.401. The Morgan fingerprint density at radius 3 is 2.58 bits per heavy atom. The van der Waals surface area contributed by atoms with Crippen molar-refractivity contribution in [2.45, 2.75) is 57.2 Å². The van der Waals surface area contributed by atoms with Gasteiger partial charge in [0.15, 0.2) is 0 Å². The Bertz CT molecular complexity index is 1350. The summed E-state index contributed by atoms with van der Waals surface area (Å²) in [5, 5.41) is 4.95. The topological polar surface area (TPSA) is 50.2 Å². The fourth-order valence-electron chi connectivity index (χ4n) is 6.09. The van der Waals surface area contributed by atoms with Crippen molar-refractivity contribution in [3.8, 4) is 0 Å². The largest absolute Gasteiger partial charge is 0.350 e. The molecule has 1 atom stereocenters. The molecule has 0 radical (unpaired) electrons. The van der Waals surface area contributed by atoms with Crippen molar-refractivity contribution in [1.29, 1.82) is 0 Å². The molecule has 5 heteroatoms. The molecule has 1 N–H and O–H groups in total. The highest BCUT2D eigenvalue weighted by Crippen LogP contribution is 2.32. The molecule has 5 nitrogen and oxygen atoms in total. The average Bonchev–Trinajstić information content (AvgIpc) is 3.64. The van der Waals surface area contributed by atoms with E-state index in [9.17, 15) is 4.79 Å². The maximum absolute atomic E-state index is 13.2. The number of amides is 1. The number of aromatic nitrogens is 2. The van der Waals surface area contributed by atoms with E-state index >= 15 is 0 Å². The van der Waals surface area contributed by atoms with Crippen LogP contribution in [0, 0.1) is 0 Å². The predicted molar refractivity (Wildman–Crippen MR) is 144 cm³/mol. The first kappa shape index (κ1) is 23.0. The van der Waals surface area contributed by atoms with E-state index in [1.165, 1.54) is 33.2 Å². The van der Waals surface area contributed by atoms with Gasteiger partial charge in [0.2, 0.25) is 5.91 Å². The number of carbonyl (C=O) groups excluding carboxylic acids is 1. The Hall–Kier alpha value is -3.44. The first-order valence-electron chi connectivity index (χ1n) is 13.2. The van der Waals surface area contributed by atoms with Crippen LogP contribution in [0.15, 0.2) is 73.1 Å². The number of fused-ring (bicyclic) bond motifs is 2. The number of nitrogens with one attached hydrogen (secondary N) is 1. The normalized spacial score (nSPS) is 17.7. The van der Waals surface area contributed by atoms with E-state index in [1.54, 1.807) is 0 Å². The van der Waals surface area contributed by atoms with Gasteiger partial charge in [0.1, 0.15) is 0 Å². The number of pyridine rings is 1. The summed E-state index contributed by atoms with van der Waals surface area (Å²) in [6, 6.07) is 22.0. The predicted octanol–water partition coefficient (Wildman–Crippen LogP) is 5.13. The Labute approximate surface area is 213 Å². The van der Waals surface area contributed by atoms with Crippen LogP contribution in [-0.4, -0.2) is 32.9 Å². The van der Waals surface area contributed by atoms with E-state index in [4.69, 9.17) is 4.98 Å². The van der Waals surface area contributed by atoms with Crippen LogP contribution in [-0.2, 0) is 37.6 Å². The van der Waals surface area contributed by atoms with Gasteiger partial charge in [-0.1, -0.05) is 48.5 Å². The fourth-order valence-corrected chi connectivity index (χ4v) is 6.09. The van der Waals surface area contributed by atoms with Crippen LogP contribution in [0.4, 0.5) is 0 Å². The van der Waals surface area contributed by atoms with Gasteiger partial charge < -0.3 is 14.8 Å². The van der Waals surface area contributed by atoms with Gasteiger partial charge in [0.25, 0.3) is 0 Å². The highest BCUT2D eigenvalue weighted by molar-refractivity contribution is 5.85. The van der Waals surface area contributed by atoms with Gasteiger partial charge in [-0.15, -0.1) is 0 Å². The summed E-state index contributed by atoms with van der Waals surface area (Å²) in [7, 11) is 2.07. The van der Waals surface area contributed by atoms with Crippen molar-refractivity contribution in [2.75, 3.05) is 6.54 Å². The van der Waals surface area contributed by atoms with Crippen molar-refractivity contribution >= 4 is 16.8 Å². The molecule has 1 saturated heterocycles. The molecule has 0 bridgehead atoms. The van der Waals surface area contributed by atoms with E-state index in [-0.39, 0.29) is 11.9 Å². The molecule has 2 aromatic carbocycles. The molecule has 2 aliphatic rings. The van der Waals surface area contributed by atoms with Crippen LogP contribution in [0.5, 0.6) is 0 Å². The van der Waals surface area contributed by atoms with Gasteiger partial charge in [0, 0.05) is 55.9 Å². The molecule has 4 aromatic rings. The molecule has 184 valence electrons. The second-order valence-electron chi connectivity index (χ2n) is 10.4. The summed E-state index contributed by atoms with van der Waals surface area (Å²) in [6.45, 7) is 1.65. The van der Waals surface area contributed by atoms with Crippen molar-refractivity contribution < 1.29 is 4.79 Å². The van der Waals surface area contributed by atoms with Crippen LogP contribution < -0.4 is 5.32 Å². The second kappa shape index (κ2) is 9.90. The Kier molecular flexibility index (Phi) is 6.32. The summed E-state index contributed by atoms with van der Waals surface area (Å²) in [5.41, 5.74) is 7.61. The van der Waals surface area contributed by atoms with Gasteiger partial charge in [-0.3, -0.25) is 9.78 Å². The third kappa shape index (κ3) is 4.56. The van der Waals surface area contributed by atoms with Crippen molar-refractivity contribution in [1.82, 2.24) is 19.8 Å². The zero-order valence-corrected chi connectivity index (χ0v) is 21.0. The smallest absolute Gasteiger partial charge is 0.223 e. The van der Waals surface area contributed by atoms with Crippen LogP contribution in [0.3, 0.4) is 0 Å². The van der Waals surface area contributed by atoms with Gasteiger partial charge >= 0.3 is 0 Å². The number of carbonyl (C=O) groups is 1. The third-order valence-corrected chi connectivity index (χ3v) is 8.00. The summed E-state index contributed by atoms with van der Waals surface area (Å²) < 4.78 is 2.15. The number of para-hydroxylation sites is 1. The Morgan fingerprint density at radius 2 is 1.81 bits per heavy atom. The number of nitrogens with zero attached hydrogens (tertiary/aromatic N) is 3. The molecule has 3 heterocycles. The number of hydrogen-bond donors (Lipinski definition) is 1. The zero-order chi connectivity index (χ0) is 24.5. The Morgan fingerprint density at radius 1 is 1.03 bits per heavy atom. The molecule has 2 aromatic heterocycles. The summed E-state index contributed by atoms with van der Waals surface area (Å²) in [5.74, 6) is 0.235. The summed E-state index contributed by atoms with van der Waals surface area (Å²) >= 11 is 0. The molecule has 1 amide bonds. The van der Waals surface area contributed by atoms with Crippen molar-refractivity contribution in [3.05, 3.63) is 101 Å². The maximum Gasteiger partial charge on any atom is 0.223 e. The van der Waals surface area contributed by atoms with E-state index in [1.807, 2.05) is 6.20 Å². The molecular formula is C31H34N4O. The number of benzene rings is 2. The molecule has 1 fully saturated rings. The molecule has 0 saturated carbocycles. The van der Waals surface area contributed by atoms with E-state index in [2.05, 4.69) is 88.7 Å². The van der Waals surface area contributed by atoms with Gasteiger partial charge in [-0.2, -0.15) is 0 Å². The fraction of sp³-hybridized carbons (Fsp3) is 0.355. The second-order valence-corrected chi connectivity index (χ2v) is 10.4.